The van der Waals surface area contributed by atoms with Gasteiger partial charge in [-0.3, -0.25) is 0 Å². The van der Waals surface area contributed by atoms with Gasteiger partial charge in [-0.15, -0.1) is 0 Å². The van der Waals surface area contributed by atoms with Crippen LogP contribution in [0.2, 0.25) is 0 Å². The Morgan fingerprint density at radius 3 is 3.20 bits per heavy atom. The molecule has 0 bridgehead atoms. The molecule has 0 unspecified atom stereocenters. The molecule has 0 amide bonds. The van der Waals surface area contributed by atoms with Crippen molar-refractivity contribution in [3.8, 4) is 0 Å². The molecule has 2 N–H and O–H groups in total. The number of nitrogens with two attached hydrogens (primary N) is 1. The number of pyridine rings is 1. The fraction of sp³-hybridized carbons (Fsp3) is 0.545. The van der Waals surface area contributed by atoms with Gasteiger partial charge in [0.15, 0.2) is 0 Å². The zero-order valence-electron chi connectivity index (χ0n) is 8.85. The van der Waals surface area contributed by atoms with Crippen LogP contribution in [0.3, 0.4) is 0 Å². The van der Waals surface area contributed by atoms with Crippen LogP contribution in [-0.2, 0) is 11.3 Å². The summed E-state index contributed by atoms with van der Waals surface area (Å²) in [6.45, 7) is 4.08. The molecule has 4 nitrogen and oxygen atoms in total. The largest absolute Gasteiger partial charge is 0.380 e. The molecule has 0 saturated carbocycles. The maximum atomic E-state index is 5.70. The Bertz CT molecular complexity index is 308. The van der Waals surface area contributed by atoms with Crippen molar-refractivity contribution in [3.05, 3.63) is 23.9 Å². The second-order valence-corrected chi connectivity index (χ2v) is 3.64. The van der Waals surface area contributed by atoms with Gasteiger partial charge in [-0.05, 0) is 12.5 Å². The van der Waals surface area contributed by atoms with Crippen molar-refractivity contribution < 1.29 is 4.74 Å². The molecule has 1 aliphatic rings. The summed E-state index contributed by atoms with van der Waals surface area (Å²) in [7, 11) is 0. The number of hydrogen-bond donors (Lipinski definition) is 1. The summed E-state index contributed by atoms with van der Waals surface area (Å²) in [6, 6.07) is 3.97. The molecular formula is C11H17N3O. The lowest BCUT2D eigenvalue weighted by Crippen LogP contribution is -2.28. The first kappa shape index (κ1) is 10.4. The van der Waals surface area contributed by atoms with Crippen molar-refractivity contribution >= 4 is 5.82 Å². The topological polar surface area (TPSA) is 51.4 Å². The smallest absolute Gasteiger partial charge is 0.133 e. The summed E-state index contributed by atoms with van der Waals surface area (Å²) >= 11 is 0. The van der Waals surface area contributed by atoms with Gasteiger partial charge in [-0.2, -0.15) is 0 Å². The molecule has 82 valence electrons. The minimum atomic E-state index is 0.542. The second-order valence-electron chi connectivity index (χ2n) is 3.64. The molecule has 15 heavy (non-hydrogen) atoms. The van der Waals surface area contributed by atoms with E-state index in [9.17, 15) is 0 Å². The van der Waals surface area contributed by atoms with Gasteiger partial charge >= 0.3 is 0 Å². The Labute approximate surface area is 90.0 Å². The lowest BCUT2D eigenvalue weighted by atomic mass is 10.2. The summed E-state index contributed by atoms with van der Waals surface area (Å²) in [6.07, 6.45) is 2.88. The lowest BCUT2D eigenvalue weighted by Gasteiger charge is -2.22. The molecule has 2 rings (SSSR count). The van der Waals surface area contributed by atoms with Crippen LogP contribution in [-0.4, -0.2) is 31.3 Å². The Balaban J connectivity index is 2.18. The van der Waals surface area contributed by atoms with Crippen LogP contribution >= 0.6 is 0 Å². The van der Waals surface area contributed by atoms with Gasteiger partial charge in [0, 0.05) is 38.0 Å². The van der Waals surface area contributed by atoms with Crippen LogP contribution in [0, 0.1) is 0 Å². The highest BCUT2D eigenvalue weighted by atomic mass is 16.5. The van der Waals surface area contributed by atoms with Gasteiger partial charge in [0.1, 0.15) is 5.82 Å². The quantitative estimate of drug-likeness (QED) is 0.778. The zero-order chi connectivity index (χ0) is 10.5. The van der Waals surface area contributed by atoms with Crippen molar-refractivity contribution in [3.63, 3.8) is 0 Å². The molecule has 1 aromatic heterocycles. The van der Waals surface area contributed by atoms with Crippen molar-refractivity contribution in [2.45, 2.75) is 13.0 Å². The fourth-order valence-corrected chi connectivity index (χ4v) is 1.83. The van der Waals surface area contributed by atoms with E-state index in [1.807, 2.05) is 18.3 Å². The average Bonchev–Trinajstić information content (AvgIpc) is 2.57. The van der Waals surface area contributed by atoms with E-state index in [0.29, 0.717) is 6.54 Å². The third kappa shape index (κ3) is 2.46. The van der Waals surface area contributed by atoms with E-state index in [2.05, 4.69) is 9.88 Å². The van der Waals surface area contributed by atoms with Crippen molar-refractivity contribution in [2.24, 2.45) is 5.73 Å². The van der Waals surface area contributed by atoms with Crippen LogP contribution in [0.1, 0.15) is 12.0 Å². The van der Waals surface area contributed by atoms with E-state index in [-0.39, 0.29) is 0 Å². The van der Waals surface area contributed by atoms with Gasteiger partial charge < -0.3 is 15.4 Å². The first-order valence-corrected chi connectivity index (χ1v) is 5.38. The maximum Gasteiger partial charge on any atom is 0.133 e. The molecule has 0 aromatic carbocycles. The third-order valence-corrected chi connectivity index (χ3v) is 2.61. The molecule has 1 aromatic rings. The highest BCUT2D eigenvalue weighted by molar-refractivity contribution is 5.46. The molecule has 0 radical (unpaired) electrons. The van der Waals surface area contributed by atoms with Crippen LogP contribution in [0.5, 0.6) is 0 Å². The number of nitrogens with zero attached hydrogens (tertiary/aromatic N) is 2. The van der Waals surface area contributed by atoms with Gasteiger partial charge in [0.05, 0.1) is 6.61 Å². The van der Waals surface area contributed by atoms with Gasteiger partial charge in [0.2, 0.25) is 0 Å². The molecule has 1 fully saturated rings. The van der Waals surface area contributed by atoms with E-state index < -0.39 is 0 Å². The van der Waals surface area contributed by atoms with Crippen molar-refractivity contribution in [2.75, 3.05) is 31.2 Å². The number of anilines is 1. The fourth-order valence-electron chi connectivity index (χ4n) is 1.83. The van der Waals surface area contributed by atoms with Crippen molar-refractivity contribution in [1.29, 1.82) is 0 Å². The van der Waals surface area contributed by atoms with Gasteiger partial charge in [-0.1, -0.05) is 6.07 Å². The van der Waals surface area contributed by atoms with E-state index in [4.69, 9.17) is 10.5 Å². The standard InChI is InChI=1S/C11H17N3O/c12-9-10-3-1-4-13-11(10)14-5-2-7-15-8-6-14/h1,3-4H,2,5-9,12H2. The predicted octanol–water partition coefficient (Wildman–Crippen LogP) is 0.767. The van der Waals surface area contributed by atoms with Crippen LogP contribution < -0.4 is 10.6 Å². The van der Waals surface area contributed by atoms with E-state index in [1.165, 1.54) is 0 Å². The summed E-state index contributed by atoms with van der Waals surface area (Å²) in [5.74, 6) is 1.02. The number of aromatic nitrogens is 1. The Morgan fingerprint density at radius 1 is 1.40 bits per heavy atom. The van der Waals surface area contributed by atoms with Crippen LogP contribution in [0.15, 0.2) is 18.3 Å². The summed E-state index contributed by atoms with van der Waals surface area (Å²) in [5.41, 5.74) is 6.81. The van der Waals surface area contributed by atoms with Crippen molar-refractivity contribution in [1.82, 2.24) is 4.98 Å². The third-order valence-electron chi connectivity index (χ3n) is 2.61. The Morgan fingerprint density at radius 2 is 2.33 bits per heavy atom. The summed E-state index contributed by atoms with van der Waals surface area (Å²) in [5, 5.41) is 0. The van der Waals surface area contributed by atoms with Gasteiger partial charge in [0.25, 0.3) is 0 Å². The normalized spacial score (nSPS) is 17.5. The predicted molar refractivity (Wildman–Crippen MR) is 59.8 cm³/mol. The molecule has 0 spiro atoms. The molecule has 0 atom stereocenters. The van der Waals surface area contributed by atoms with Gasteiger partial charge in [-0.25, -0.2) is 4.98 Å². The molecule has 2 heterocycles. The zero-order valence-corrected chi connectivity index (χ0v) is 8.85. The second kappa shape index (κ2) is 5.09. The van der Waals surface area contributed by atoms with Crippen LogP contribution in [0.25, 0.3) is 0 Å². The molecular weight excluding hydrogens is 190 g/mol. The molecule has 1 aliphatic heterocycles. The highest BCUT2D eigenvalue weighted by Gasteiger charge is 2.13. The maximum absolute atomic E-state index is 5.70. The summed E-state index contributed by atoms with van der Waals surface area (Å²) in [4.78, 5) is 6.66. The number of hydrogen-bond acceptors (Lipinski definition) is 4. The SMILES string of the molecule is NCc1cccnc1N1CCCOCC1. The van der Waals surface area contributed by atoms with E-state index in [0.717, 1.165) is 44.1 Å². The van der Waals surface area contributed by atoms with E-state index >= 15 is 0 Å². The van der Waals surface area contributed by atoms with E-state index in [1.54, 1.807) is 0 Å². The molecule has 0 aliphatic carbocycles. The summed E-state index contributed by atoms with van der Waals surface area (Å²) < 4.78 is 5.42. The van der Waals surface area contributed by atoms with Crippen LogP contribution in [0.4, 0.5) is 5.82 Å². The monoisotopic (exact) mass is 207 g/mol. The molecule has 1 saturated heterocycles. The first-order valence-electron chi connectivity index (χ1n) is 5.38. The lowest BCUT2D eigenvalue weighted by molar-refractivity contribution is 0.152. The number of ether oxygens (including phenoxy) is 1. The first-order chi connectivity index (χ1) is 7.42. The Hall–Kier alpha value is -1.13. The molecule has 4 heteroatoms. The minimum Gasteiger partial charge on any atom is -0.380 e. The highest BCUT2D eigenvalue weighted by Crippen LogP contribution is 2.17. The minimum absolute atomic E-state index is 0.542. The Kier molecular flexibility index (Phi) is 3.53. The average molecular weight is 207 g/mol. The number of rotatable bonds is 2.